The van der Waals surface area contributed by atoms with E-state index >= 15 is 0 Å². The fourth-order valence-corrected chi connectivity index (χ4v) is 6.63. The highest BCUT2D eigenvalue weighted by molar-refractivity contribution is 6.38. The van der Waals surface area contributed by atoms with Crippen molar-refractivity contribution in [1.82, 2.24) is 20.9 Å². The Kier molecular flexibility index (Phi) is 9.69. The van der Waals surface area contributed by atoms with Gasteiger partial charge in [-0.05, 0) is 69.6 Å². The second kappa shape index (κ2) is 12.7. The third-order valence-electron chi connectivity index (χ3n) is 9.34. The molecule has 2 saturated heterocycles. The lowest BCUT2D eigenvalue weighted by molar-refractivity contribution is -0.144. The smallest absolute Gasteiger partial charge is 0.408 e. The van der Waals surface area contributed by atoms with Crippen LogP contribution >= 0.6 is 0 Å². The van der Waals surface area contributed by atoms with Crippen LogP contribution in [0.25, 0.3) is 0 Å². The number of amides is 4. The molecule has 4 aliphatic rings. The second-order valence-corrected chi connectivity index (χ2v) is 14.2. The molecule has 0 spiro atoms. The third-order valence-corrected chi connectivity index (χ3v) is 9.34. The van der Waals surface area contributed by atoms with Crippen molar-refractivity contribution in [2.75, 3.05) is 13.1 Å². The van der Waals surface area contributed by atoms with E-state index in [2.05, 4.69) is 29.8 Å². The van der Waals surface area contributed by atoms with Crippen LogP contribution in [0.1, 0.15) is 105 Å². The number of ketones is 1. The molecule has 0 aromatic heterocycles. The van der Waals surface area contributed by atoms with Crippen molar-refractivity contribution in [2.24, 2.45) is 23.2 Å². The predicted molar refractivity (Wildman–Crippen MR) is 154 cm³/mol. The fourth-order valence-electron chi connectivity index (χ4n) is 6.63. The average Bonchev–Trinajstić information content (AvgIpc) is 3.75. The fraction of sp³-hybridized carbons (Fsp3) is 0.839. The number of fused-ring (bicyclic) bond motifs is 3. The number of alkyl carbamates (subject to hydrolysis) is 1. The molecule has 0 aromatic rings. The van der Waals surface area contributed by atoms with Crippen molar-refractivity contribution in [3.8, 4) is 0 Å². The normalized spacial score (nSPS) is 30.9. The molecule has 41 heavy (non-hydrogen) atoms. The van der Waals surface area contributed by atoms with E-state index in [9.17, 15) is 24.0 Å². The summed E-state index contributed by atoms with van der Waals surface area (Å²) in [6.07, 6.45) is 8.72. The summed E-state index contributed by atoms with van der Waals surface area (Å²) in [6.45, 7) is 10.4. The van der Waals surface area contributed by atoms with Crippen molar-refractivity contribution < 1.29 is 28.7 Å². The third kappa shape index (κ3) is 8.01. The van der Waals surface area contributed by atoms with Crippen LogP contribution in [0.15, 0.2) is 0 Å². The molecule has 4 fully saturated rings. The summed E-state index contributed by atoms with van der Waals surface area (Å²) in [6, 6.07) is -2.49. The molecule has 2 aliphatic heterocycles. The monoisotopic (exact) mass is 574 g/mol. The minimum atomic E-state index is -0.928. The van der Waals surface area contributed by atoms with Gasteiger partial charge in [-0.15, -0.1) is 0 Å². The number of carbonyl (C=O) groups is 5. The van der Waals surface area contributed by atoms with Gasteiger partial charge in [0.15, 0.2) is 0 Å². The lowest BCUT2D eigenvalue weighted by Gasteiger charge is -2.34. The van der Waals surface area contributed by atoms with Crippen LogP contribution in [0.2, 0.25) is 0 Å². The quantitative estimate of drug-likeness (QED) is 0.431. The van der Waals surface area contributed by atoms with E-state index in [1.807, 2.05) is 0 Å². The van der Waals surface area contributed by atoms with Gasteiger partial charge in [-0.25, -0.2) is 4.79 Å². The zero-order valence-electron chi connectivity index (χ0n) is 25.6. The van der Waals surface area contributed by atoms with Crippen LogP contribution in [-0.4, -0.2) is 71.3 Å². The zero-order chi connectivity index (χ0) is 29.9. The molecule has 0 radical (unpaired) electrons. The summed E-state index contributed by atoms with van der Waals surface area (Å²) in [5.41, 5.74) is -0.825. The Morgan fingerprint density at radius 2 is 1.56 bits per heavy atom. The van der Waals surface area contributed by atoms with E-state index in [1.54, 1.807) is 25.7 Å². The highest BCUT2D eigenvalue weighted by atomic mass is 16.6. The number of rotatable bonds is 5. The van der Waals surface area contributed by atoms with Gasteiger partial charge in [0.1, 0.15) is 17.7 Å². The van der Waals surface area contributed by atoms with Gasteiger partial charge in [-0.1, -0.05) is 58.8 Å². The number of ether oxygens (including phenoxy) is 1. The minimum Gasteiger partial charge on any atom is -0.444 e. The summed E-state index contributed by atoms with van der Waals surface area (Å²) in [5.74, 6) is -1.42. The number of hydrogen-bond donors (Lipinski definition) is 3. The van der Waals surface area contributed by atoms with E-state index in [1.165, 1.54) is 0 Å². The highest BCUT2D eigenvalue weighted by Gasteiger charge is 2.69. The molecule has 230 valence electrons. The Morgan fingerprint density at radius 3 is 2.17 bits per heavy atom. The first kappa shape index (κ1) is 31.3. The maximum Gasteiger partial charge on any atom is 0.408 e. The summed E-state index contributed by atoms with van der Waals surface area (Å²) < 4.78 is 5.45. The molecule has 2 aliphatic carbocycles. The van der Waals surface area contributed by atoms with Crippen molar-refractivity contribution in [1.29, 1.82) is 0 Å². The highest BCUT2D eigenvalue weighted by Crippen LogP contribution is 2.65. The Balaban J connectivity index is 1.54. The summed E-state index contributed by atoms with van der Waals surface area (Å²) in [5, 5.41) is 8.43. The van der Waals surface area contributed by atoms with Crippen molar-refractivity contribution in [2.45, 2.75) is 129 Å². The molecule has 0 unspecified atom stereocenters. The minimum absolute atomic E-state index is 0.0491. The topological polar surface area (TPSA) is 134 Å². The van der Waals surface area contributed by atoms with Crippen LogP contribution in [0, 0.1) is 23.2 Å². The molecule has 0 aromatic carbocycles. The van der Waals surface area contributed by atoms with Crippen molar-refractivity contribution in [3.63, 3.8) is 0 Å². The van der Waals surface area contributed by atoms with E-state index < -0.39 is 47.4 Å². The van der Waals surface area contributed by atoms with Gasteiger partial charge < -0.3 is 25.6 Å². The van der Waals surface area contributed by atoms with E-state index in [-0.39, 0.29) is 23.2 Å². The second-order valence-electron chi connectivity index (χ2n) is 14.2. The van der Waals surface area contributed by atoms with Crippen LogP contribution in [-0.2, 0) is 23.9 Å². The van der Waals surface area contributed by atoms with E-state index in [4.69, 9.17) is 4.74 Å². The first-order chi connectivity index (χ1) is 19.3. The lowest BCUT2D eigenvalue weighted by atomic mass is 9.96. The first-order valence-corrected chi connectivity index (χ1v) is 15.7. The average molecular weight is 575 g/mol. The van der Waals surface area contributed by atoms with Crippen LogP contribution in [0.5, 0.6) is 0 Å². The Labute approximate surface area is 244 Å². The number of nitrogens with one attached hydrogen (secondary N) is 3. The van der Waals surface area contributed by atoms with Gasteiger partial charge in [0, 0.05) is 13.1 Å². The molecule has 5 atom stereocenters. The summed E-state index contributed by atoms with van der Waals surface area (Å²) in [4.78, 5) is 68.1. The van der Waals surface area contributed by atoms with Crippen LogP contribution in [0.3, 0.4) is 0 Å². The molecule has 10 heteroatoms. The van der Waals surface area contributed by atoms with Gasteiger partial charge in [-0.2, -0.15) is 0 Å². The van der Waals surface area contributed by atoms with Crippen molar-refractivity contribution in [3.05, 3.63) is 0 Å². The first-order valence-electron chi connectivity index (χ1n) is 15.7. The molecule has 2 saturated carbocycles. The van der Waals surface area contributed by atoms with E-state index in [0.29, 0.717) is 31.8 Å². The largest absolute Gasteiger partial charge is 0.444 e. The standard InChI is InChI=1S/C31H50N4O6/c1-30(2,3)41-29(40)34-22-14-12-10-8-6-7-9-11-13-21(25(36)27(38)32-17-19-15-16-19)33-26(37)24-23-20(31(23,4)5)18-35(24)28(22)39/h19-24H,6-18H2,1-5H3,(H,32,38)(H,33,37)(H,34,40)/t20-,21+,22+,23-,24-/m0/s1. The van der Waals surface area contributed by atoms with Gasteiger partial charge in [0.05, 0.1) is 6.04 Å². The number of nitrogens with zero attached hydrogens (tertiary/aromatic N) is 1. The number of piperidine rings is 1. The zero-order valence-corrected chi connectivity index (χ0v) is 25.6. The Morgan fingerprint density at radius 1 is 0.951 bits per heavy atom. The molecule has 4 amide bonds. The lowest BCUT2D eigenvalue weighted by Crippen LogP contribution is -2.58. The molecule has 4 rings (SSSR count). The van der Waals surface area contributed by atoms with Crippen LogP contribution < -0.4 is 16.0 Å². The van der Waals surface area contributed by atoms with Gasteiger partial charge in [0.25, 0.3) is 5.91 Å². The summed E-state index contributed by atoms with van der Waals surface area (Å²) in [7, 11) is 0. The van der Waals surface area contributed by atoms with E-state index in [0.717, 1.165) is 57.8 Å². The van der Waals surface area contributed by atoms with Crippen molar-refractivity contribution >= 4 is 29.6 Å². The number of carbonyl (C=O) groups excluding carboxylic acids is 5. The van der Waals surface area contributed by atoms with Gasteiger partial charge >= 0.3 is 6.09 Å². The molecule has 3 N–H and O–H groups in total. The number of Topliss-reactive ketones (excluding diaryl/α,β-unsaturated/α-hetero) is 1. The molecule has 0 bridgehead atoms. The predicted octanol–water partition coefficient (Wildman–Crippen LogP) is 3.47. The van der Waals surface area contributed by atoms with Crippen LogP contribution in [0.4, 0.5) is 4.79 Å². The van der Waals surface area contributed by atoms with Gasteiger partial charge in [0.2, 0.25) is 17.6 Å². The maximum absolute atomic E-state index is 14.0. The van der Waals surface area contributed by atoms with Gasteiger partial charge in [-0.3, -0.25) is 19.2 Å². The Hall–Kier alpha value is -2.65. The Bertz CT molecular complexity index is 1020. The number of hydrogen-bond acceptors (Lipinski definition) is 6. The molecular formula is C31H50N4O6. The molecule has 2 heterocycles. The SMILES string of the molecule is CC(C)(C)OC(=O)N[C@@H]1CCCCCCCCC[C@H](C(=O)C(=O)NCC2CC2)NC(=O)[C@@H]2[C@@H]3[C@H](CN2C1=O)C3(C)C. The molecular weight excluding hydrogens is 524 g/mol. The molecule has 10 nitrogen and oxygen atoms in total. The maximum atomic E-state index is 14.0. The summed E-state index contributed by atoms with van der Waals surface area (Å²) >= 11 is 0.